The largest absolute Gasteiger partial charge is 0.423 e. The third kappa shape index (κ3) is 3.66. The number of carbonyl (C=O) groups is 1. The van der Waals surface area contributed by atoms with Gasteiger partial charge in [0.25, 0.3) is 0 Å². The highest BCUT2D eigenvalue weighted by atomic mass is 16.5. The van der Waals surface area contributed by atoms with Crippen molar-refractivity contribution in [1.29, 1.82) is 0 Å². The van der Waals surface area contributed by atoms with E-state index >= 15 is 0 Å². The average molecular weight is 256 g/mol. The molecular weight excluding hydrogens is 240 g/mol. The highest BCUT2D eigenvalue weighted by Gasteiger charge is 2.09. The van der Waals surface area contributed by atoms with Gasteiger partial charge in [0.15, 0.2) is 0 Å². The number of hydrogen-bond acceptors (Lipinski definition) is 3. The molecule has 0 aliphatic heterocycles. The SMILES string of the molecule is COCc1cccc(C(=O)Oc2ccc(C)cc2)c1. The van der Waals surface area contributed by atoms with Gasteiger partial charge in [-0.15, -0.1) is 0 Å². The summed E-state index contributed by atoms with van der Waals surface area (Å²) in [6.07, 6.45) is 0. The van der Waals surface area contributed by atoms with Gasteiger partial charge in [-0.05, 0) is 36.8 Å². The van der Waals surface area contributed by atoms with Crippen LogP contribution in [0.4, 0.5) is 0 Å². The second-order valence-corrected chi connectivity index (χ2v) is 4.34. The summed E-state index contributed by atoms with van der Waals surface area (Å²) in [4.78, 5) is 12.0. The first-order valence-corrected chi connectivity index (χ1v) is 6.06. The molecule has 0 unspecified atom stereocenters. The van der Waals surface area contributed by atoms with Gasteiger partial charge in [0.2, 0.25) is 0 Å². The maximum Gasteiger partial charge on any atom is 0.343 e. The molecule has 0 bridgehead atoms. The molecule has 0 amide bonds. The van der Waals surface area contributed by atoms with Crippen molar-refractivity contribution in [3.63, 3.8) is 0 Å². The molecule has 2 aromatic carbocycles. The summed E-state index contributed by atoms with van der Waals surface area (Å²) in [6.45, 7) is 2.46. The van der Waals surface area contributed by atoms with E-state index in [-0.39, 0.29) is 5.97 Å². The normalized spacial score (nSPS) is 10.2. The van der Waals surface area contributed by atoms with Crippen LogP contribution >= 0.6 is 0 Å². The molecule has 98 valence electrons. The maximum atomic E-state index is 12.0. The van der Waals surface area contributed by atoms with Crippen molar-refractivity contribution in [3.8, 4) is 5.75 Å². The number of ether oxygens (including phenoxy) is 2. The molecule has 0 aromatic heterocycles. The molecule has 2 aromatic rings. The Labute approximate surface area is 112 Å². The lowest BCUT2D eigenvalue weighted by atomic mass is 10.1. The summed E-state index contributed by atoms with van der Waals surface area (Å²) in [5.41, 5.74) is 2.60. The topological polar surface area (TPSA) is 35.5 Å². The van der Waals surface area contributed by atoms with Gasteiger partial charge in [-0.1, -0.05) is 29.8 Å². The third-order valence-corrected chi connectivity index (χ3v) is 2.71. The number of rotatable bonds is 4. The second kappa shape index (κ2) is 6.16. The Morgan fingerprint density at radius 1 is 1.11 bits per heavy atom. The summed E-state index contributed by atoms with van der Waals surface area (Å²) in [5, 5.41) is 0. The monoisotopic (exact) mass is 256 g/mol. The van der Waals surface area contributed by atoms with Gasteiger partial charge >= 0.3 is 5.97 Å². The van der Waals surface area contributed by atoms with Gasteiger partial charge < -0.3 is 9.47 Å². The molecule has 0 saturated heterocycles. The van der Waals surface area contributed by atoms with Crippen LogP contribution in [0, 0.1) is 6.92 Å². The molecule has 0 atom stereocenters. The highest BCUT2D eigenvalue weighted by molar-refractivity contribution is 5.91. The first kappa shape index (κ1) is 13.3. The molecule has 0 heterocycles. The molecule has 0 spiro atoms. The number of benzene rings is 2. The summed E-state index contributed by atoms with van der Waals surface area (Å²) in [6, 6.07) is 14.6. The minimum absolute atomic E-state index is 0.359. The first-order valence-electron chi connectivity index (χ1n) is 6.06. The number of carbonyl (C=O) groups excluding carboxylic acids is 1. The predicted octanol–water partition coefficient (Wildman–Crippen LogP) is 3.36. The van der Waals surface area contributed by atoms with E-state index in [2.05, 4.69) is 0 Å². The van der Waals surface area contributed by atoms with Crippen LogP contribution in [0.2, 0.25) is 0 Å². The lowest BCUT2D eigenvalue weighted by Gasteiger charge is -2.06. The lowest BCUT2D eigenvalue weighted by molar-refractivity contribution is 0.0734. The third-order valence-electron chi connectivity index (χ3n) is 2.71. The Hall–Kier alpha value is -2.13. The molecule has 3 nitrogen and oxygen atoms in total. The van der Waals surface area contributed by atoms with Crippen LogP contribution in [0.25, 0.3) is 0 Å². The molecule has 0 aliphatic carbocycles. The van der Waals surface area contributed by atoms with Crippen molar-refractivity contribution in [2.24, 2.45) is 0 Å². The Bertz CT molecular complexity index is 558. The highest BCUT2D eigenvalue weighted by Crippen LogP contribution is 2.14. The quantitative estimate of drug-likeness (QED) is 0.621. The predicted molar refractivity (Wildman–Crippen MR) is 73.3 cm³/mol. The molecule has 0 saturated carbocycles. The zero-order valence-corrected chi connectivity index (χ0v) is 11.1. The van der Waals surface area contributed by atoms with E-state index in [1.165, 1.54) is 0 Å². The van der Waals surface area contributed by atoms with Gasteiger partial charge in [0, 0.05) is 7.11 Å². The fourth-order valence-electron chi connectivity index (χ4n) is 1.73. The van der Waals surface area contributed by atoms with E-state index in [1.807, 2.05) is 31.2 Å². The minimum atomic E-state index is -0.359. The van der Waals surface area contributed by atoms with Gasteiger partial charge in [-0.2, -0.15) is 0 Å². The van der Waals surface area contributed by atoms with Crippen molar-refractivity contribution < 1.29 is 14.3 Å². The second-order valence-electron chi connectivity index (χ2n) is 4.34. The van der Waals surface area contributed by atoms with Crippen LogP contribution in [-0.2, 0) is 11.3 Å². The van der Waals surface area contributed by atoms with Crippen LogP contribution in [0.3, 0.4) is 0 Å². The maximum absolute atomic E-state index is 12.0. The first-order chi connectivity index (χ1) is 9.19. The fraction of sp³-hybridized carbons (Fsp3) is 0.188. The van der Waals surface area contributed by atoms with Crippen LogP contribution in [-0.4, -0.2) is 13.1 Å². The van der Waals surface area contributed by atoms with E-state index in [1.54, 1.807) is 31.4 Å². The van der Waals surface area contributed by atoms with Crippen molar-refractivity contribution >= 4 is 5.97 Å². The summed E-state index contributed by atoms with van der Waals surface area (Å²) in [5.74, 6) is 0.189. The van der Waals surface area contributed by atoms with Crippen molar-refractivity contribution in [2.75, 3.05) is 7.11 Å². The zero-order valence-electron chi connectivity index (χ0n) is 11.1. The molecule has 0 fully saturated rings. The molecular formula is C16H16O3. The van der Waals surface area contributed by atoms with E-state index in [9.17, 15) is 4.79 Å². The van der Waals surface area contributed by atoms with Crippen LogP contribution < -0.4 is 4.74 Å². The van der Waals surface area contributed by atoms with E-state index in [4.69, 9.17) is 9.47 Å². The Kier molecular flexibility index (Phi) is 4.31. The minimum Gasteiger partial charge on any atom is -0.423 e. The Balaban J connectivity index is 2.11. The molecule has 0 aliphatic rings. The van der Waals surface area contributed by atoms with Crippen molar-refractivity contribution in [1.82, 2.24) is 0 Å². The Morgan fingerprint density at radius 3 is 2.53 bits per heavy atom. The van der Waals surface area contributed by atoms with Crippen LogP contribution in [0.15, 0.2) is 48.5 Å². The molecule has 3 heteroatoms. The number of aryl methyl sites for hydroxylation is 1. The van der Waals surface area contributed by atoms with Gasteiger partial charge in [-0.25, -0.2) is 4.79 Å². The average Bonchev–Trinajstić information content (AvgIpc) is 2.42. The number of hydrogen-bond donors (Lipinski definition) is 0. The van der Waals surface area contributed by atoms with Gasteiger partial charge in [0.1, 0.15) is 5.75 Å². The lowest BCUT2D eigenvalue weighted by Crippen LogP contribution is -2.08. The van der Waals surface area contributed by atoms with E-state index in [0.717, 1.165) is 11.1 Å². The van der Waals surface area contributed by atoms with Gasteiger partial charge in [0.05, 0.1) is 12.2 Å². The van der Waals surface area contributed by atoms with Crippen LogP contribution in [0.5, 0.6) is 5.75 Å². The summed E-state index contributed by atoms with van der Waals surface area (Å²) >= 11 is 0. The van der Waals surface area contributed by atoms with E-state index in [0.29, 0.717) is 17.9 Å². The number of esters is 1. The van der Waals surface area contributed by atoms with Crippen molar-refractivity contribution in [2.45, 2.75) is 13.5 Å². The summed E-state index contributed by atoms with van der Waals surface area (Å²) in [7, 11) is 1.62. The molecule has 0 radical (unpaired) electrons. The molecule has 0 N–H and O–H groups in total. The Morgan fingerprint density at radius 2 is 1.84 bits per heavy atom. The zero-order chi connectivity index (χ0) is 13.7. The van der Waals surface area contributed by atoms with Gasteiger partial charge in [-0.3, -0.25) is 0 Å². The smallest absolute Gasteiger partial charge is 0.343 e. The number of methoxy groups -OCH3 is 1. The molecule has 2 rings (SSSR count). The van der Waals surface area contributed by atoms with Crippen molar-refractivity contribution in [3.05, 3.63) is 65.2 Å². The van der Waals surface area contributed by atoms with E-state index < -0.39 is 0 Å². The molecule has 19 heavy (non-hydrogen) atoms. The van der Waals surface area contributed by atoms with Crippen LogP contribution in [0.1, 0.15) is 21.5 Å². The standard InChI is InChI=1S/C16H16O3/c1-12-6-8-15(9-7-12)19-16(17)14-5-3-4-13(10-14)11-18-2/h3-10H,11H2,1-2H3. The summed E-state index contributed by atoms with van der Waals surface area (Å²) < 4.78 is 10.4. The fourth-order valence-corrected chi connectivity index (χ4v) is 1.73.